The second-order valence-electron chi connectivity index (χ2n) is 6.88. The van der Waals surface area contributed by atoms with Crippen LogP contribution in [0.5, 0.6) is 0 Å². The zero-order chi connectivity index (χ0) is 14.9. The maximum atomic E-state index is 12.5. The van der Waals surface area contributed by atoms with Gasteiger partial charge in [0.1, 0.15) is 0 Å². The van der Waals surface area contributed by atoms with Crippen molar-refractivity contribution in [3.8, 4) is 6.07 Å². The Balaban J connectivity index is 1.63. The van der Waals surface area contributed by atoms with Gasteiger partial charge in [0.15, 0.2) is 0 Å². The number of hydrogen-bond acceptors (Lipinski definition) is 4. The first-order valence-electron chi connectivity index (χ1n) is 8.08. The van der Waals surface area contributed by atoms with Gasteiger partial charge in [0.25, 0.3) is 0 Å². The molecule has 2 heterocycles. The van der Waals surface area contributed by atoms with Gasteiger partial charge in [0.05, 0.1) is 12.6 Å². The van der Waals surface area contributed by atoms with E-state index in [4.69, 9.17) is 5.26 Å². The zero-order valence-corrected chi connectivity index (χ0v) is 12.5. The highest BCUT2D eigenvalue weighted by molar-refractivity contribution is 5.99. The number of carbonyl (C=O) groups is 2. The second kappa shape index (κ2) is 5.76. The molecule has 0 aromatic rings. The minimum Gasteiger partial charge on any atom is -0.290 e. The summed E-state index contributed by atoms with van der Waals surface area (Å²) in [6.45, 7) is 2.05. The van der Waals surface area contributed by atoms with Crippen molar-refractivity contribution in [2.45, 2.75) is 57.4 Å². The lowest BCUT2D eigenvalue weighted by atomic mass is 9.75. The van der Waals surface area contributed by atoms with Gasteiger partial charge in [-0.05, 0) is 31.1 Å². The normalized spacial score (nSPS) is 27.3. The maximum absolute atomic E-state index is 12.5. The molecule has 2 saturated heterocycles. The lowest BCUT2D eigenvalue weighted by molar-refractivity contribution is -0.157. The summed E-state index contributed by atoms with van der Waals surface area (Å²) < 4.78 is 0. The Kier molecular flexibility index (Phi) is 3.99. The van der Waals surface area contributed by atoms with Crippen molar-refractivity contribution in [3.63, 3.8) is 0 Å². The van der Waals surface area contributed by atoms with E-state index in [2.05, 4.69) is 11.0 Å². The van der Waals surface area contributed by atoms with Gasteiger partial charge in [0, 0.05) is 32.0 Å². The third-order valence-electron chi connectivity index (χ3n) is 5.47. The highest BCUT2D eigenvalue weighted by atomic mass is 16.2. The monoisotopic (exact) mass is 289 g/mol. The van der Waals surface area contributed by atoms with Crippen LogP contribution in [-0.2, 0) is 9.59 Å². The molecule has 1 saturated carbocycles. The standard InChI is InChI=1S/C16H23N3O2/c17-7-10-18-8-3-13(4-9-18)19-14(20)11-16(12-15(19)21)5-1-2-6-16/h13H,1-6,8-12H2. The van der Waals surface area contributed by atoms with Crippen LogP contribution in [0.15, 0.2) is 0 Å². The first kappa shape index (κ1) is 14.5. The fourth-order valence-corrected chi connectivity index (χ4v) is 4.33. The highest BCUT2D eigenvalue weighted by Crippen LogP contribution is 2.47. The third kappa shape index (κ3) is 2.82. The molecular formula is C16H23N3O2. The van der Waals surface area contributed by atoms with Crippen molar-refractivity contribution >= 4 is 11.8 Å². The van der Waals surface area contributed by atoms with Crippen LogP contribution in [0.1, 0.15) is 51.4 Å². The first-order chi connectivity index (χ1) is 10.1. The molecule has 0 aromatic heterocycles. The molecule has 0 radical (unpaired) electrons. The summed E-state index contributed by atoms with van der Waals surface area (Å²) in [4.78, 5) is 28.7. The Morgan fingerprint density at radius 2 is 1.67 bits per heavy atom. The molecule has 0 unspecified atom stereocenters. The number of amides is 2. The van der Waals surface area contributed by atoms with Crippen LogP contribution >= 0.6 is 0 Å². The molecule has 0 atom stereocenters. The lowest BCUT2D eigenvalue weighted by Gasteiger charge is -2.43. The van der Waals surface area contributed by atoms with Crippen LogP contribution in [-0.4, -0.2) is 47.3 Å². The van der Waals surface area contributed by atoms with Gasteiger partial charge < -0.3 is 0 Å². The average Bonchev–Trinajstić information content (AvgIpc) is 2.88. The van der Waals surface area contributed by atoms with E-state index in [9.17, 15) is 9.59 Å². The quantitative estimate of drug-likeness (QED) is 0.573. The van der Waals surface area contributed by atoms with Crippen molar-refractivity contribution in [1.29, 1.82) is 5.26 Å². The van der Waals surface area contributed by atoms with Gasteiger partial charge in [-0.25, -0.2) is 0 Å². The van der Waals surface area contributed by atoms with Crippen molar-refractivity contribution in [1.82, 2.24) is 9.80 Å². The van der Waals surface area contributed by atoms with Gasteiger partial charge in [-0.2, -0.15) is 5.26 Å². The Hall–Kier alpha value is -1.41. The lowest BCUT2D eigenvalue weighted by Crippen LogP contribution is -2.54. The Morgan fingerprint density at radius 3 is 2.19 bits per heavy atom. The summed E-state index contributed by atoms with van der Waals surface area (Å²) >= 11 is 0. The summed E-state index contributed by atoms with van der Waals surface area (Å²) in [5.74, 6) is 0.0961. The number of piperidine rings is 2. The van der Waals surface area contributed by atoms with E-state index in [1.165, 1.54) is 0 Å². The molecule has 2 aliphatic heterocycles. The number of imide groups is 1. The van der Waals surface area contributed by atoms with Crippen molar-refractivity contribution in [2.24, 2.45) is 5.41 Å². The molecule has 21 heavy (non-hydrogen) atoms. The number of hydrogen-bond donors (Lipinski definition) is 0. The van der Waals surface area contributed by atoms with Gasteiger partial charge >= 0.3 is 0 Å². The number of nitrogens with zero attached hydrogens (tertiary/aromatic N) is 3. The summed E-state index contributed by atoms with van der Waals surface area (Å²) in [7, 11) is 0. The minimum atomic E-state index is -0.00776. The molecule has 5 nitrogen and oxygen atoms in total. The van der Waals surface area contributed by atoms with Crippen LogP contribution in [0.25, 0.3) is 0 Å². The van der Waals surface area contributed by atoms with Crippen molar-refractivity contribution in [3.05, 3.63) is 0 Å². The van der Waals surface area contributed by atoms with E-state index in [0.29, 0.717) is 19.4 Å². The van der Waals surface area contributed by atoms with Gasteiger partial charge in [-0.3, -0.25) is 19.4 Å². The number of likely N-dealkylation sites (tertiary alicyclic amines) is 2. The van der Waals surface area contributed by atoms with Crippen LogP contribution in [0.3, 0.4) is 0 Å². The SMILES string of the molecule is N#CCN1CCC(N2C(=O)CC3(CCCC3)CC2=O)CC1. The molecule has 0 N–H and O–H groups in total. The molecular weight excluding hydrogens is 266 g/mol. The van der Waals surface area contributed by atoms with E-state index < -0.39 is 0 Å². The van der Waals surface area contributed by atoms with Crippen LogP contribution < -0.4 is 0 Å². The maximum Gasteiger partial charge on any atom is 0.229 e. The predicted molar refractivity (Wildman–Crippen MR) is 77.1 cm³/mol. The van der Waals surface area contributed by atoms with Gasteiger partial charge in [0.2, 0.25) is 11.8 Å². The van der Waals surface area contributed by atoms with Gasteiger partial charge in [-0.1, -0.05) is 12.8 Å². The van der Waals surface area contributed by atoms with Gasteiger partial charge in [-0.15, -0.1) is 0 Å². The zero-order valence-electron chi connectivity index (χ0n) is 12.5. The summed E-state index contributed by atoms with van der Waals surface area (Å²) in [6.07, 6.45) is 7.16. The van der Waals surface area contributed by atoms with E-state index in [1.807, 2.05) is 0 Å². The van der Waals surface area contributed by atoms with E-state index >= 15 is 0 Å². The molecule has 1 spiro atoms. The molecule has 0 aromatic carbocycles. The van der Waals surface area contributed by atoms with Crippen molar-refractivity contribution in [2.75, 3.05) is 19.6 Å². The average molecular weight is 289 g/mol. The Bertz CT molecular complexity index is 448. The molecule has 2 amide bonds. The fraction of sp³-hybridized carbons (Fsp3) is 0.812. The molecule has 3 fully saturated rings. The van der Waals surface area contributed by atoms with E-state index in [1.54, 1.807) is 4.90 Å². The Morgan fingerprint density at radius 1 is 1.10 bits per heavy atom. The molecule has 5 heteroatoms. The topological polar surface area (TPSA) is 64.4 Å². The van der Waals surface area contributed by atoms with E-state index in [0.717, 1.165) is 51.6 Å². The van der Waals surface area contributed by atoms with E-state index in [-0.39, 0.29) is 23.3 Å². The highest BCUT2D eigenvalue weighted by Gasteiger charge is 2.47. The van der Waals surface area contributed by atoms with Crippen LogP contribution in [0, 0.1) is 16.7 Å². The molecule has 114 valence electrons. The summed E-state index contributed by atoms with van der Waals surface area (Å²) in [5, 5.41) is 8.72. The number of rotatable bonds is 2. The first-order valence-corrected chi connectivity index (χ1v) is 8.08. The largest absolute Gasteiger partial charge is 0.290 e. The number of carbonyl (C=O) groups excluding carboxylic acids is 2. The fourth-order valence-electron chi connectivity index (χ4n) is 4.33. The van der Waals surface area contributed by atoms with Crippen molar-refractivity contribution < 1.29 is 9.59 Å². The second-order valence-corrected chi connectivity index (χ2v) is 6.88. The molecule has 1 aliphatic carbocycles. The molecule has 0 bridgehead atoms. The number of nitriles is 1. The molecule has 3 rings (SSSR count). The minimum absolute atomic E-state index is 0.00776. The third-order valence-corrected chi connectivity index (χ3v) is 5.47. The van der Waals surface area contributed by atoms with Crippen LogP contribution in [0.4, 0.5) is 0 Å². The summed E-state index contributed by atoms with van der Waals surface area (Å²) in [5.41, 5.74) is -0.00776. The molecule has 3 aliphatic rings. The Labute approximate surface area is 125 Å². The van der Waals surface area contributed by atoms with Crippen LogP contribution in [0.2, 0.25) is 0 Å². The predicted octanol–water partition coefficient (Wildman–Crippen LogP) is 1.68. The summed E-state index contributed by atoms with van der Waals surface area (Å²) in [6, 6.07) is 2.22. The smallest absolute Gasteiger partial charge is 0.229 e.